The molecule has 0 spiro atoms. The van der Waals surface area contributed by atoms with E-state index in [-0.39, 0.29) is 12.5 Å². The summed E-state index contributed by atoms with van der Waals surface area (Å²) in [5, 5.41) is 12.0. The fraction of sp³-hybridized carbons (Fsp3) is 0.500. The number of anilines is 1. The van der Waals surface area contributed by atoms with Gasteiger partial charge in [-0.15, -0.1) is 0 Å². The molecule has 0 aliphatic rings. The molecule has 0 saturated carbocycles. The summed E-state index contributed by atoms with van der Waals surface area (Å²) < 4.78 is 0. The Morgan fingerprint density at radius 1 is 1.44 bits per heavy atom. The zero-order chi connectivity index (χ0) is 13.5. The number of hydrogen-bond donors (Lipinski definition) is 2. The molecule has 0 heterocycles. The van der Waals surface area contributed by atoms with Crippen LogP contribution in [-0.2, 0) is 0 Å². The summed E-state index contributed by atoms with van der Waals surface area (Å²) in [6, 6.07) is 5.67. The lowest BCUT2D eigenvalue weighted by molar-refractivity contribution is 0.0786. The van der Waals surface area contributed by atoms with E-state index in [4.69, 9.17) is 5.11 Å². The van der Waals surface area contributed by atoms with Gasteiger partial charge in [-0.3, -0.25) is 4.79 Å². The maximum atomic E-state index is 12.1. The minimum Gasteiger partial charge on any atom is -0.396 e. The predicted octanol–water partition coefficient (Wildman–Crippen LogP) is 1.88. The molecule has 1 rings (SSSR count). The van der Waals surface area contributed by atoms with Gasteiger partial charge >= 0.3 is 0 Å². The summed E-state index contributed by atoms with van der Waals surface area (Å²) in [6.45, 7) is 5.58. The van der Waals surface area contributed by atoms with Gasteiger partial charge in [0.25, 0.3) is 5.91 Å². The van der Waals surface area contributed by atoms with Crippen LogP contribution in [0, 0.1) is 6.92 Å². The van der Waals surface area contributed by atoms with Gasteiger partial charge in [-0.05, 0) is 44.0 Å². The summed E-state index contributed by atoms with van der Waals surface area (Å²) in [7, 11) is 1.76. The molecule has 0 saturated heterocycles. The van der Waals surface area contributed by atoms with Gasteiger partial charge in [-0.25, -0.2) is 0 Å². The van der Waals surface area contributed by atoms with Crippen molar-refractivity contribution >= 4 is 11.6 Å². The number of aryl methyl sites for hydroxylation is 1. The topological polar surface area (TPSA) is 52.6 Å². The van der Waals surface area contributed by atoms with Crippen molar-refractivity contribution in [1.29, 1.82) is 0 Å². The standard InChI is InChI=1S/C14H22N2O2/c1-4-15-13-7-6-12(10-11(13)2)14(18)16(3)8-5-9-17/h6-7,10,15,17H,4-5,8-9H2,1-3H3. The van der Waals surface area contributed by atoms with Gasteiger partial charge in [-0.1, -0.05) is 0 Å². The van der Waals surface area contributed by atoms with Gasteiger partial charge in [0.2, 0.25) is 0 Å². The molecule has 0 aliphatic heterocycles. The first-order valence-corrected chi connectivity index (χ1v) is 6.31. The number of nitrogens with one attached hydrogen (secondary N) is 1. The average Bonchev–Trinajstić information content (AvgIpc) is 2.37. The van der Waals surface area contributed by atoms with E-state index in [2.05, 4.69) is 5.32 Å². The quantitative estimate of drug-likeness (QED) is 0.810. The highest BCUT2D eigenvalue weighted by Crippen LogP contribution is 2.17. The summed E-state index contributed by atoms with van der Waals surface area (Å²) in [5.41, 5.74) is 2.82. The lowest BCUT2D eigenvalue weighted by atomic mass is 10.1. The van der Waals surface area contributed by atoms with Crippen molar-refractivity contribution in [3.63, 3.8) is 0 Å². The third-order valence-electron chi connectivity index (χ3n) is 2.84. The van der Waals surface area contributed by atoms with Crippen LogP contribution in [0.2, 0.25) is 0 Å². The predicted molar refractivity (Wildman–Crippen MR) is 74.0 cm³/mol. The highest BCUT2D eigenvalue weighted by Gasteiger charge is 2.12. The van der Waals surface area contributed by atoms with E-state index < -0.39 is 0 Å². The van der Waals surface area contributed by atoms with Gasteiger partial charge in [0.1, 0.15) is 0 Å². The molecule has 1 aromatic carbocycles. The van der Waals surface area contributed by atoms with Crippen molar-refractivity contribution in [3.05, 3.63) is 29.3 Å². The summed E-state index contributed by atoms with van der Waals surface area (Å²) >= 11 is 0. The van der Waals surface area contributed by atoms with Crippen LogP contribution in [0.25, 0.3) is 0 Å². The van der Waals surface area contributed by atoms with Gasteiger partial charge in [-0.2, -0.15) is 0 Å². The second-order valence-electron chi connectivity index (χ2n) is 4.36. The minimum absolute atomic E-state index is 0.00500. The van der Waals surface area contributed by atoms with Crippen LogP contribution in [0.3, 0.4) is 0 Å². The van der Waals surface area contributed by atoms with Crippen molar-refractivity contribution in [3.8, 4) is 0 Å². The lowest BCUT2D eigenvalue weighted by Gasteiger charge is -2.17. The SMILES string of the molecule is CCNc1ccc(C(=O)N(C)CCCO)cc1C. The van der Waals surface area contributed by atoms with Crippen LogP contribution < -0.4 is 5.32 Å². The monoisotopic (exact) mass is 250 g/mol. The van der Waals surface area contributed by atoms with E-state index >= 15 is 0 Å². The first kappa shape index (κ1) is 14.5. The summed E-state index contributed by atoms with van der Waals surface area (Å²) in [4.78, 5) is 13.7. The molecule has 0 bridgehead atoms. The first-order chi connectivity index (χ1) is 8.60. The maximum absolute atomic E-state index is 12.1. The number of amides is 1. The molecule has 0 radical (unpaired) electrons. The number of aliphatic hydroxyl groups excluding tert-OH is 1. The van der Waals surface area contributed by atoms with Crippen molar-refractivity contribution in [2.45, 2.75) is 20.3 Å². The zero-order valence-electron chi connectivity index (χ0n) is 11.4. The molecule has 0 aromatic heterocycles. The number of benzene rings is 1. The Hall–Kier alpha value is -1.55. The Morgan fingerprint density at radius 2 is 2.17 bits per heavy atom. The first-order valence-electron chi connectivity index (χ1n) is 6.31. The largest absolute Gasteiger partial charge is 0.396 e. The third kappa shape index (κ3) is 3.74. The number of carbonyl (C=O) groups is 1. The highest BCUT2D eigenvalue weighted by atomic mass is 16.3. The van der Waals surface area contributed by atoms with Crippen LogP contribution in [0.1, 0.15) is 29.3 Å². The Labute approximate surface area is 109 Å². The van der Waals surface area contributed by atoms with Crippen molar-refractivity contribution < 1.29 is 9.90 Å². The Kier molecular flexibility index (Phi) is 5.65. The molecule has 100 valence electrons. The molecule has 4 nitrogen and oxygen atoms in total. The van der Waals surface area contributed by atoms with Gasteiger partial charge in [0.15, 0.2) is 0 Å². The third-order valence-corrected chi connectivity index (χ3v) is 2.84. The molecule has 0 atom stereocenters. The second-order valence-corrected chi connectivity index (χ2v) is 4.36. The van der Waals surface area contributed by atoms with Crippen LogP contribution in [-0.4, -0.2) is 42.7 Å². The van der Waals surface area contributed by atoms with E-state index in [1.165, 1.54) is 0 Å². The van der Waals surface area contributed by atoms with Crippen molar-refractivity contribution in [2.24, 2.45) is 0 Å². The Bertz CT molecular complexity index is 405. The van der Waals surface area contributed by atoms with Gasteiger partial charge in [0, 0.05) is 38.0 Å². The van der Waals surface area contributed by atoms with Gasteiger partial charge in [0.05, 0.1) is 0 Å². The molecule has 0 unspecified atom stereocenters. The van der Waals surface area contributed by atoms with E-state index in [0.717, 1.165) is 17.8 Å². The Balaban J connectivity index is 2.77. The van der Waals surface area contributed by atoms with Crippen LogP contribution >= 0.6 is 0 Å². The molecule has 1 aromatic rings. The molecule has 1 amide bonds. The van der Waals surface area contributed by atoms with E-state index in [1.807, 2.05) is 32.0 Å². The Morgan fingerprint density at radius 3 is 2.72 bits per heavy atom. The number of rotatable bonds is 6. The number of aliphatic hydroxyl groups is 1. The lowest BCUT2D eigenvalue weighted by Crippen LogP contribution is -2.28. The fourth-order valence-electron chi connectivity index (χ4n) is 1.82. The van der Waals surface area contributed by atoms with Gasteiger partial charge < -0.3 is 15.3 Å². The van der Waals surface area contributed by atoms with Crippen molar-refractivity contribution in [2.75, 3.05) is 32.1 Å². The summed E-state index contributed by atoms with van der Waals surface area (Å²) in [5.74, 6) is -0.00500. The van der Waals surface area contributed by atoms with Crippen molar-refractivity contribution in [1.82, 2.24) is 4.90 Å². The number of nitrogens with zero attached hydrogens (tertiary/aromatic N) is 1. The molecular formula is C14H22N2O2. The minimum atomic E-state index is -0.00500. The van der Waals surface area contributed by atoms with E-state index in [0.29, 0.717) is 18.5 Å². The zero-order valence-corrected chi connectivity index (χ0v) is 11.4. The maximum Gasteiger partial charge on any atom is 0.253 e. The summed E-state index contributed by atoms with van der Waals surface area (Å²) in [6.07, 6.45) is 0.608. The average molecular weight is 250 g/mol. The van der Waals surface area contributed by atoms with Crippen LogP contribution in [0.4, 0.5) is 5.69 Å². The highest BCUT2D eigenvalue weighted by molar-refractivity contribution is 5.94. The normalized spacial score (nSPS) is 10.2. The molecule has 0 aliphatic carbocycles. The molecule has 0 fully saturated rings. The second kappa shape index (κ2) is 7.01. The van der Waals surface area contributed by atoms with E-state index in [9.17, 15) is 4.79 Å². The van der Waals surface area contributed by atoms with Crippen LogP contribution in [0.15, 0.2) is 18.2 Å². The molecular weight excluding hydrogens is 228 g/mol. The number of carbonyl (C=O) groups excluding carboxylic acids is 1. The van der Waals surface area contributed by atoms with E-state index in [1.54, 1.807) is 11.9 Å². The fourth-order valence-corrected chi connectivity index (χ4v) is 1.82. The van der Waals surface area contributed by atoms with Crippen LogP contribution in [0.5, 0.6) is 0 Å². The molecule has 18 heavy (non-hydrogen) atoms. The smallest absolute Gasteiger partial charge is 0.253 e. The molecule has 4 heteroatoms. The number of hydrogen-bond acceptors (Lipinski definition) is 3. The molecule has 2 N–H and O–H groups in total.